The van der Waals surface area contributed by atoms with Crippen molar-refractivity contribution in [2.75, 3.05) is 6.54 Å². The van der Waals surface area contributed by atoms with Crippen molar-refractivity contribution < 1.29 is 0 Å². The number of thiocarbonyl (C=S) groups is 1. The Balaban J connectivity index is 1.81. The van der Waals surface area contributed by atoms with Crippen LogP contribution in [0.5, 0.6) is 0 Å². The van der Waals surface area contributed by atoms with Crippen molar-refractivity contribution >= 4 is 28.2 Å². The minimum atomic E-state index is 0.434. The van der Waals surface area contributed by atoms with E-state index in [0.717, 1.165) is 30.9 Å². The van der Waals surface area contributed by atoms with Gasteiger partial charge in [-0.25, -0.2) is 0 Å². The summed E-state index contributed by atoms with van der Waals surface area (Å²) in [6.07, 6.45) is 3.28. The fraction of sp³-hybridized carbons (Fsp3) is 0.438. The monoisotopic (exact) mass is 287 g/mol. The molecule has 1 aromatic carbocycles. The van der Waals surface area contributed by atoms with Crippen LogP contribution in [0.2, 0.25) is 0 Å². The van der Waals surface area contributed by atoms with Gasteiger partial charge in [0.2, 0.25) is 0 Å². The molecule has 3 nitrogen and oxygen atoms in total. The van der Waals surface area contributed by atoms with Crippen molar-refractivity contribution in [1.82, 2.24) is 15.6 Å². The molecule has 0 aliphatic heterocycles. The van der Waals surface area contributed by atoms with Gasteiger partial charge in [0.1, 0.15) is 0 Å². The second-order valence-corrected chi connectivity index (χ2v) is 5.98. The number of fused-ring (bicyclic) bond motifs is 3. The average Bonchev–Trinajstić information content (AvgIpc) is 2.76. The number of aromatic amines is 1. The summed E-state index contributed by atoms with van der Waals surface area (Å²) in [5.41, 5.74) is 5.45. The van der Waals surface area contributed by atoms with E-state index in [1.54, 1.807) is 0 Å². The molecule has 0 spiro atoms. The third kappa shape index (κ3) is 2.52. The second kappa shape index (κ2) is 5.44. The Kier molecular flexibility index (Phi) is 3.66. The quantitative estimate of drug-likeness (QED) is 0.744. The first-order valence-corrected chi connectivity index (χ1v) is 7.72. The van der Waals surface area contributed by atoms with Crippen molar-refractivity contribution in [3.05, 3.63) is 35.0 Å². The van der Waals surface area contributed by atoms with Crippen LogP contribution >= 0.6 is 12.2 Å². The normalized spacial score (nSPS) is 17.8. The number of aromatic nitrogens is 1. The number of aryl methyl sites for hydroxylation is 2. The van der Waals surface area contributed by atoms with Crippen LogP contribution in [0.15, 0.2) is 18.2 Å². The summed E-state index contributed by atoms with van der Waals surface area (Å²) in [4.78, 5) is 3.57. The lowest BCUT2D eigenvalue weighted by molar-refractivity contribution is 0.522. The van der Waals surface area contributed by atoms with Crippen molar-refractivity contribution in [3.8, 4) is 0 Å². The second-order valence-electron chi connectivity index (χ2n) is 5.57. The van der Waals surface area contributed by atoms with Gasteiger partial charge < -0.3 is 15.6 Å². The topological polar surface area (TPSA) is 39.8 Å². The van der Waals surface area contributed by atoms with E-state index in [-0.39, 0.29) is 0 Å². The molecule has 20 heavy (non-hydrogen) atoms. The van der Waals surface area contributed by atoms with Crippen LogP contribution in [-0.4, -0.2) is 22.7 Å². The molecule has 106 valence electrons. The number of benzene rings is 1. The van der Waals surface area contributed by atoms with Gasteiger partial charge in [0.15, 0.2) is 5.11 Å². The molecule has 1 heterocycles. The smallest absolute Gasteiger partial charge is 0.166 e. The van der Waals surface area contributed by atoms with Crippen LogP contribution in [-0.2, 0) is 12.8 Å². The Morgan fingerprint density at radius 1 is 1.45 bits per heavy atom. The minimum Gasteiger partial charge on any atom is -0.363 e. The molecule has 0 radical (unpaired) electrons. The average molecular weight is 287 g/mol. The zero-order valence-corrected chi connectivity index (χ0v) is 12.9. The maximum Gasteiger partial charge on any atom is 0.166 e. The highest BCUT2D eigenvalue weighted by molar-refractivity contribution is 7.80. The predicted octanol–water partition coefficient (Wildman–Crippen LogP) is 2.82. The Hall–Kier alpha value is -1.55. The first-order valence-electron chi connectivity index (χ1n) is 7.32. The molecule has 4 heteroatoms. The molecule has 0 saturated carbocycles. The molecule has 1 atom stereocenters. The van der Waals surface area contributed by atoms with E-state index in [1.807, 2.05) is 0 Å². The Labute approximate surface area is 125 Å². The predicted molar refractivity (Wildman–Crippen MR) is 88.3 cm³/mol. The van der Waals surface area contributed by atoms with Gasteiger partial charge >= 0.3 is 0 Å². The number of H-pyrrole nitrogens is 1. The molecule has 0 fully saturated rings. The zero-order valence-electron chi connectivity index (χ0n) is 12.0. The molecule has 0 saturated heterocycles. The van der Waals surface area contributed by atoms with Gasteiger partial charge in [0, 0.05) is 35.6 Å². The van der Waals surface area contributed by atoms with Crippen LogP contribution in [0.3, 0.4) is 0 Å². The molecule has 3 N–H and O–H groups in total. The number of rotatable bonds is 2. The number of nitrogens with one attached hydrogen (secondary N) is 3. The van der Waals surface area contributed by atoms with Crippen molar-refractivity contribution in [2.24, 2.45) is 0 Å². The Morgan fingerprint density at radius 2 is 2.30 bits per heavy atom. The zero-order chi connectivity index (χ0) is 14.1. The Morgan fingerprint density at radius 3 is 3.10 bits per heavy atom. The summed E-state index contributed by atoms with van der Waals surface area (Å²) in [6.45, 7) is 5.09. The van der Waals surface area contributed by atoms with Crippen molar-refractivity contribution in [1.29, 1.82) is 0 Å². The van der Waals surface area contributed by atoms with Crippen LogP contribution < -0.4 is 10.6 Å². The maximum atomic E-state index is 5.28. The summed E-state index contributed by atoms with van der Waals surface area (Å²) in [5, 5.41) is 8.74. The first-order chi connectivity index (χ1) is 9.67. The van der Waals surface area contributed by atoms with Crippen LogP contribution in [0.25, 0.3) is 10.9 Å². The van der Waals surface area contributed by atoms with Gasteiger partial charge in [-0.05, 0) is 56.6 Å². The molecule has 0 amide bonds. The standard InChI is InChI=1S/C16H21N3S/c1-3-17-16(20)18-11-5-6-12-13-8-10(2)4-7-14(13)19-15(12)9-11/h4,7-8,11,19H,3,5-6,9H2,1-2H3,(H2,17,18,20). The molecule has 2 aromatic rings. The Bertz CT molecular complexity index is 644. The third-order valence-corrected chi connectivity index (χ3v) is 4.28. The van der Waals surface area contributed by atoms with Gasteiger partial charge in [-0.2, -0.15) is 0 Å². The number of hydrogen-bond donors (Lipinski definition) is 3. The lowest BCUT2D eigenvalue weighted by Gasteiger charge is -2.24. The van der Waals surface area contributed by atoms with Gasteiger partial charge in [-0.3, -0.25) is 0 Å². The summed E-state index contributed by atoms with van der Waals surface area (Å²) in [7, 11) is 0. The highest BCUT2D eigenvalue weighted by Crippen LogP contribution is 2.29. The van der Waals surface area contributed by atoms with E-state index >= 15 is 0 Å². The molecular weight excluding hydrogens is 266 g/mol. The highest BCUT2D eigenvalue weighted by atomic mass is 32.1. The summed E-state index contributed by atoms with van der Waals surface area (Å²) in [6, 6.07) is 7.08. The van der Waals surface area contributed by atoms with Crippen molar-refractivity contribution in [3.63, 3.8) is 0 Å². The van der Waals surface area contributed by atoms with Crippen LogP contribution in [0, 0.1) is 6.92 Å². The van der Waals surface area contributed by atoms with Gasteiger partial charge in [-0.15, -0.1) is 0 Å². The fourth-order valence-corrected chi connectivity index (χ4v) is 3.38. The lowest BCUT2D eigenvalue weighted by Crippen LogP contribution is -2.44. The molecule has 0 bridgehead atoms. The molecule has 1 aromatic heterocycles. The third-order valence-electron chi connectivity index (χ3n) is 4.02. The molecular formula is C16H21N3S. The van der Waals surface area contributed by atoms with E-state index in [4.69, 9.17) is 12.2 Å². The van der Waals surface area contributed by atoms with Gasteiger partial charge in [0.05, 0.1) is 0 Å². The SMILES string of the molecule is CCNC(=S)NC1CCc2c([nH]c3ccc(C)cc23)C1. The minimum absolute atomic E-state index is 0.434. The first kappa shape index (κ1) is 13.4. The van der Waals surface area contributed by atoms with Gasteiger partial charge in [-0.1, -0.05) is 11.6 Å². The fourth-order valence-electron chi connectivity index (χ4n) is 3.06. The molecule has 1 aliphatic carbocycles. The highest BCUT2D eigenvalue weighted by Gasteiger charge is 2.22. The van der Waals surface area contributed by atoms with E-state index in [0.29, 0.717) is 6.04 Å². The van der Waals surface area contributed by atoms with E-state index < -0.39 is 0 Å². The van der Waals surface area contributed by atoms with E-state index in [9.17, 15) is 0 Å². The maximum absolute atomic E-state index is 5.28. The van der Waals surface area contributed by atoms with Gasteiger partial charge in [0.25, 0.3) is 0 Å². The van der Waals surface area contributed by atoms with Crippen LogP contribution in [0.4, 0.5) is 0 Å². The lowest BCUT2D eigenvalue weighted by atomic mass is 9.91. The summed E-state index contributed by atoms with van der Waals surface area (Å²) < 4.78 is 0. The number of hydrogen-bond acceptors (Lipinski definition) is 1. The molecule has 1 aliphatic rings. The molecule has 3 rings (SSSR count). The molecule has 1 unspecified atom stereocenters. The van der Waals surface area contributed by atoms with E-state index in [2.05, 4.69) is 47.7 Å². The summed E-state index contributed by atoms with van der Waals surface area (Å²) >= 11 is 5.28. The van der Waals surface area contributed by atoms with Crippen LogP contribution in [0.1, 0.15) is 30.2 Å². The largest absolute Gasteiger partial charge is 0.363 e. The summed E-state index contributed by atoms with van der Waals surface area (Å²) in [5.74, 6) is 0. The van der Waals surface area contributed by atoms with Crippen molar-refractivity contribution in [2.45, 2.75) is 39.2 Å². The van der Waals surface area contributed by atoms with E-state index in [1.165, 1.54) is 27.7 Å².